The van der Waals surface area contributed by atoms with Crippen LogP contribution in [0.1, 0.15) is 39.0 Å². The molecular weight excluding hydrogens is 178 g/mol. The van der Waals surface area contributed by atoms with Gasteiger partial charge in [0.1, 0.15) is 0 Å². The molecule has 3 atom stereocenters. The molecule has 2 rings (SSSR count). The van der Waals surface area contributed by atoms with Crippen LogP contribution in [0.2, 0.25) is 0 Å². The maximum atomic E-state index is 3.85. The molecule has 0 bridgehead atoms. The van der Waals surface area contributed by atoms with E-state index in [0.717, 1.165) is 18.0 Å². The van der Waals surface area contributed by atoms with E-state index in [1.807, 2.05) is 0 Å². The molecule has 1 saturated carbocycles. The van der Waals surface area contributed by atoms with Crippen molar-refractivity contribution in [2.45, 2.75) is 51.1 Å². The van der Waals surface area contributed by atoms with Gasteiger partial charge >= 0.3 is 0 Å². The molecule has 2 aliphatic rings. The monoisotopic (exact) mass is 199 g/mol. The fourth-order valence-electron chi connectivity index (χ4n) is 2.53. The summed E-state index contributed by atoms with van der Waals surface area (Å²) in [5, 5.41) is 3.85. The molecule has 0 aromatic rings. The molecule has 13 heavy (non-hydrogen) atoms. The Morgan fingerprint density at radius 2 is 2.00 bits per heavy atom. The number of nitrogens with one attached hydrogen (secondary N) is 1. The van der Waals surface area contributed by atoms with Crippen LogP contribution >= 0.6 is 11.8 Å². The second kappa shape index (κ2) is 4.70. The van der Waals surface area contributed by atoms with Crippen molar-refractivity contribution >= 4 is 11.8 Å². The van der Waals surface area contributed by atoms with E-state index in [4.69, 9.17) is 0 Å². The van der Waals surface area contributed by atoms with Crippen molar-refractivity contribution < 1.29 is 0 Å². The molecule has 0 radical (unpaired) electrons. The highest BCUT2D eigenvalue weighted by molar-refractivity contribution is 7.99. The van der Waals surface area contributed by atoms with E-state index in [1.165, 1.54) is 43.6 Å². The van der Waals surface area contributed by atoms with E-state index in [1.54, 1.807) is 0 Å². The summed E-state index contributed by atoms with van der Waals surface area (Å²) in [7, 11) is 0. The first-order chi connectivity index (χ1) is 6.36. The van der Waals surface area contributed by atoms with Crippen LogP contribution in [-0.2, 0) is 0 Å². The summed E-state index contributed by atoms with van der Waals surface area (Å²) in [5.74, 6) is 3.64. The quantitative estimate of drug-likeness (QED) is 0.734. The third-order valence-electron chi connectivity index (χ3n) is 3.49. The minimum Gasteiger partial charge on any atom is -0.310 e. The first-order valence-corrected chi connectivity index (χ1v) is 6.85. The molecule has 1 saturated heterocycles. The Bertz CT molecular complexity index is 154. The van der Waals surface area contributed by atoms with Gasteiger partial charge in [-0.1, -0.05) is 19.8 Å². The molecule has 76 valence electrons. The van der Waals surface area contributed by atoms with Crippen LogP contribution in [0, 0.1) is 5.92 Å². The van der Waals surface area contributed by atoms with Gasteiger partial charge in [0.15, 0.2) is 0 Å². The molecule has 2 fully saturated rings. The maximum absolute atomic E-state index is 3.85. The number of rotatable bonds is 2. The zero-order valence-electron chi connectivity index (χ0n) is 8.59. The van der Waals surface area contributed by atoms with E-state index in [0.29, 0.717) is 0 Å². The minimum atomic E-state index is 0.829. The molecule has 1 aliphatic heterocycles. The first-order valence-electron chi connectivity index (χ1n) is 5.70. The highest BCUT2D eigenvalue weighted by Crippen LogP contribution is 2.26. The van der Waals surface area contributed by atoms with Crippen molar-refractivity contribution in [2.75, 3.05) is 11.5 Å². The first kappa shape index (κ1) is 9.85. The van der Waals surface area contributed by atoms with Gasteiger partial charge in [-0.3, -0.25) is 0 Å². The molecular formula is C11H21NS. The lowest BCUT2D eigenvalue weighted by Crippen LogP contribution is -2.43. The van der Waals surface area contributed by atoms with Gasteiger partial charge in [-0.15, -0.1) is 0 Å². The third kappa shape index (κ3) is 2.63. The summed E-state index contributed by atoms with van der Waals surface area (Å²) in [6.45, 7) is 2.42. The molecule has 2 heteroatoms. The van der Waals surface area contributed by atoms with E-state index < -0.39 is 0 Å². The predicted molar refractivity (Wildman–Crippen MR) is 60.3 cm³/mol. The minimum absolute atomic E-state index is 0.829. The molecule has 0 amide bonds. The number of hydrogen-bond acceptors (Lipinski definition) is 2. The van der Waals surface area contributed by atoms with Crippen molar-refractivity contribution in [1.82, 2.24) is 5.32 Å². The second-order valence-electron chi connectivity index (χ2n) is 4.60. The summed E-state index contributed by atoms with van der Waals surface area (Å²) in [6.07, 6.45) is 7.16. The topological polar surface area (TPSA) is 12.0 Å². The average Bonchev–Trinajstić information content (AvgIpc) is 2.61. The maximum Gasteiger partial charge on any atom is 0.0168 e. The van der Waals surface area contributed by atoms with Gasteiger partial charge in [0.25, 0.3) is 0 Å². The highest BCUT2D eigenvalue weighted by atomic mass is 32.2. The Hall–Kier alpha value is 0.310. The fraction of sp³-hybridized carbons (Fsp3) is 1.00. The van der Waals surface area contributed by atoms with E-state index >= 15 is 0 Å². The number of thioether (sulfide) groups is 1. The lowest BCUT2D eigenvalue weighted by Gasteiger charge is -2.31. The van der Waals surface area contributed by atoms with Crippen molar-refractivity contribution in [2.24, 2.45) is 5.92 Å². The molecule has 0 spiro atoms. The van der Waals surface area contributed by atoms with Gasteiger partial charge in [-0.05, 0) is 30.9 Å². The Morgan fingerprint density at radius 1 is 1.15 bits per heavy atom. The van der Waals surface area contributed by atoms with Crippen LogP contribution in [0.15, 0.2) is 0 Å². The summed E-state index contributed by atoms with van der Waals surface area (Å²) in [6, 6.07) is 1.66. The average molecular weight is 199 g/mol. The van der Waals surface area contributed by atoms with Gasteiger partial charge < -0.3 is 5.32 Å². The third-order valence-corrected chi connectivity index (χ3v) is 4.65. The molecule has 1 nitrogen and oxygen atoms in total. The fourth-order valence-corrected chi connectivity index (χ4v) is 3.70. The van der Waals surface area contributed by atoms with Crippen LogP contribution < -0.4 is 5.32 Å². The van der Waals surface area contributed by atoms with Crippen molar-refractivity contribution in [3.05, 3.63) is 0 Å². The molecule has 1 N–H and O–H groups in total. The van der Waals surface area contributed by atoms with Crippen LogP contribution in [0.5, 0.6) is 0 Å². The molecule has 0 unspecified atom stereocenters. The van der Waals surface area contributed by atoms with Gasteiger partial charge in [0, 0.05) is 17.8 Å². The van der Waals surface area contributed by atoms with Crippen molar-refractivity contribution in [3.63, 3.8) is 0 Å². The highest BCUT2D eigenvalue weighted by Gasteiger charge is 2.25. The Labute approximate surface area is 86.0 Å². The summed E-state index contributed by atoms with van der Waals surface area (Å²) in [5.41, 5.74) is 0. The van der Waals surface area contributed by atoms with E-state index in [-0.39, 0.29) is 0 Å². The predicted octanol–water partition coefficient (Wildman–Crippen LogP) is 2.66. The smallest absolute Gasteiger partial charge is 0.0168 e. The Kier molecular flexibility index (Phi) is 3.56. The van der Waals surface area contributed by atoms with Gasteiger partial charge in [0.05, 0.1) is 0 Å². The van der Waals surface area contributed by atoms with Crippen LogP contribution in [0.3, 0.4) is 0 Å². The molecule has 1 aliphatic carbocycles. The van der Waals surface area contributed by atoms with Gasteiger partial charge in [0.2, 0.25) is 0 Å². The zero-order chi connectivity index (χ0) is 9.10. The Balaban J connectivity index is 1.78. The second-order valence-corrected chi connectivity index (χ2v) is 5.75. The molecule has 1 heterocycles. The number of hydrogen-bond donors (Lipinski definition) is 1. The van der Waals surface area contributed by atoms with Crippen LogP contribution in [0.25, 0.3) is 0 Å². The largest absolute Gasteiger partial charge is 0.310 e. The summed E-state index contributed by atoms with van der Waals surface area (Å²) in [4.78, 5) is 0. The standard InChI is InChI=1S/C11H21NS/c1-9-4-2-3-5-11(9)12-10-6-7-13-8-10/h9-12H,2-8H2,1H3/t9-,10+,11+/m0/s1. The van der Waals surface area contributed by atoms with Crippen LogP contribution in [0.4, 0.5) is 0 Å². The van der Waals surface area contributed by atoms with Crippen LogP contribution in [-0.4, -0.2) is 23.6 Å². The molecule has 0 aromatic heterocycles. The zero-order valence-corrected chi connectivity index (χ0v) is 9.41. The van der Waals surface area contributed by atoms with Gasteiger partial charge in [-0.25, -0.2) is 0 Å². The van der Waals surface area contributed by atoms with Gasteiger partial charge in [-0.2, -0.15) is 11.8 Å². The summed E-state index contributed by atoms with van der Waals surface area (Å²) >= 11 is 2.11. The Morgan fingerprint density at radius 3 is 2.69 bits per heavy atom. The SMILES string of the molecule is C[C@H]1CCCC[C@H]1N[C@@H]1CCSC1. The summed E-state index contributed by atoms with van der Waals surface area (Å²) < 4.78 is 0. The van der Waals surface area contributed by atoms with Crippen molar-refractivity contribution in [3.8, 4) is 0 Å². The lowest BCUT2D eigenvalue weighted by atomic mass is 9.85. The van der Waals surface area contributed by atoms with E-state index in [2.05, 4.69) is 24.0 Å². The van der Waals surface area contributed by atoms with E-state index in [9.17, 15) is 0 Å². The van der Waals surface area contributed by atoms with Crippen molar-refractivity contribution in [1.29, 1.82) is 0 Å². The normalized spacial score (nSPS) is 40.8. The lowest BCUT2D eigenvalue weighted by molar-refractivity contribution is 0.264. The molecule has 0 aromatic carbocycles.